The predicted molar refractivity (Wildman–Crippen MR) is 111 cm³/mol. The van der Waals surface area contributed by atoms with Gasteiger partial charge in [0.25, 0.3) is 5.91 Å². The molecule has 4 rings (SSSR count). The largest absolute Gasteiger partial charge is 0.454 e. The minimum absolute atomic E-state index is 0.0566. The van der Waals surface area contributed by atoms with Crippen molar-refractivity contribution in [3.63, 3.8) is 0 Å². The molecule has 3 aliphatic rings. The minimum atomic E-state index is -0.416. The summed E-state index contributed by atoms with van der Waals surface area (Å²) in [7, 11) is 0. The zero-order valence-electron chi connectivity index (χ0n) is 15.7. The van der Waals surface area contributed by atoms with Crippen LogP contribution in [-0.2, 0) is 4.79 Å². The van der Waals surface area contributed by atoms with E-state index in [1.165, 1.54) is 42.5 Å². The fourth-order valence-electron chi connectivity index (χ4n) is 3.18. The number of amidine groups is 2. The molecule has 146 valence electrons. The van der Waals surface area contributed by atoms with Crippen LogP contribution in [-0.4, -0.2) is 33.8 Å². The summed E-state index contributed by atoms with van der Waals surface area (Å²) >= 11 is 1.39. The fourth-order valence-corrected chi connectivity index (χ4v) is 4.11. The van der Waals surface area contributed by atoms with Gasteiger partial charge in [0.1, 0.15) is 5.04 Å². The number of hydrogen-bond donors (Lipinski definition) is 1. The van der Waals surface area contributed by atoms with Gasteiger partial charge in [0.15, 0.2) is 17.3 Å². The van der Waals surface area contributed by atoms with Crippen LogP contribution in [0, 0.1) is 5.41 Å². The molecule has 7 nitrogen and oxygen atoms in total. The van der Waals surface area contributed by atoms with E-state index in [1.54, 1.807) is 18.2 Å². The quantitative estimate of drug-likeness (QED) is 0.543. The topological polar surface area (TPSA) is 87.3 Å². The number of nitrogens with zero attached hydrogens (tertiary/aromatic N) is 3. The molecule has 1 aromatic carbocycles. The Hall–Kier alpha value is -2.61. The molecular weight excluding hydrogens is 376 g/mol. The lowest BCUT2D eigenvalue weighted by atomic mass is 10.1. The maximum atomic E-state index is 12.5. The van der Waals surface area contributed by atoms with Crippen LogP contribution in [0.2, 0.25) is 0 Å². The molecular formula is C20H22N4O3S. The van der Waals surface area contributed by atoms with Crippen LogP contribution in [0.4, 0.5) is 0 Å². The predicted octanol–water partition coefficient (Wildman–Crippen LogP) is 4.39. The Kier molecular flexibility index (Phi) is 5.47. The van der Waals surface area contributed by atoms with Gasteiger partial charge >= 0.3 is 0 Å². The summed E-state index contributed by atoms with van der Waals surface area (Å²) in [5.74, 6) is 0.951. The molecule has 8 heteroatoms. The lowest BCUT2D eigenvalue weighted by Crippen LogP contribution is -2.35. The molecule has 0 saturated heterocycles. The molecule has 0 atom stereocenters. The van der Waals surface area contributed by atoms with Crippen molar-refractivity contribution >= 4 is 39.8 Å². The number of unbranched alkanes of at least 4 members (excludes halogenated alkanes) is 4. The molecule has 1 N–H and O–H groups in total. The summed E-state index contributed by atoms with van der Waals surface area (Å²) in [6.45, 7) is 2.39. The van der Waals surface area contributed by atoms with Gasteiger partial charge in [0.2, 0.25) is 12.0 Å². The van der Waals surface area contributed by atoms with Crippen molar-refractivity contribution in [2.24, 2.45) is 10.1 Å². The lowest BCUT2D eigenvalue weighted by molar-refractivity contribution is -0.114. The molecule has 1 amide bonds. The van der Waals surface area contributed by atoms with E-state index in [1.807, 2.05) is 6.07 Å². The van der Waals surface area contributed by atoms with E-state index in [-0.39, 0.29) is 18.2 Å². The first-order valence-electron chi connectivity index (χ1n) is 9.54. The van der Waals surface area contributed by atoms with Gasteiger partial charge in [-0.25, -0.2) is 0 Å². The van der Waals surface area contributed by atoms with E-state index in [0.717, 1.165) is 23.4 Å². The summed E-state index contributed by atoms with van der Waals surface area (Å²) in [5.41, 5.74) is 0.971. The van der Waals surface area contributed by atoms with Crippen molar-refractivity contribution in [1.82, 2.24) is 5.01 Å². The van der Waals surface area contributed by atoms with Crippen molar-refractivity contribution in [3.05, 3.63) is 29.3 Å². The highest BCUT2D eigenvalue weighted by Crippen LogP contribution is 2.34. The van der Waals surface area contributed by atoms with Crippen LogP contribution < -0.4 is 9.47 Å². The number of carbonyl (C=O) groups excluding carboxylic acids is 1. The van der Waals surface area contributed by atoms with Crippen LogP contribution in [0.25, 0.3) is 6.08 Å². The van der Waals surface area contributed by atoms with E-state index in [2.05, 4.69) is 17.0 Å². The third-order valence-electron chi connectivity index (χ3n) is 4.70. The third-order valence-corrected chi connectivity index (χ3v) is 5.67. The molecule has 0 saturated carbocycles. The second-order valence-electron chi connectivity index (χ2n) is 6.79. The number of nitrogens with one attached hydrogen (secondary N) is 1. The van der Waals surface area contributed by atoms with E-state index >= 15 is 0 Å². The Balaban J connectivity index is 1.47. The number of rotatable bonds is 7. The normalized spacial score (nSPS) is 19.2. The minimum Gasteiger partial charge on any atom is -0.454 e. The second kappa shape index (κ2) is 8.18. The number of thioether (sulfide) groups is 1. The summed E-state index contributed by atoms with van der Waals surface area (Å²) < 4.78 is 10.7. The average molecular weight is 398 g/mol. The Morgan fingerprint density at radius 3 is 2.89 bits per heavy atom. The summed E-state index contributed by atoms with van der Waals surface area (Å²) in [6, 6.07) is 5.41. The SMILES string of the molecule is CCCCCCCC1=NN2C(=N)C(=Cc3ccc4c(c3)OCO4)C(=O)N=C2S1. The van der Waals surface area contributed by atoms with Crippen LogP contribution >= 0.6 is 11.8 Å². The average Bonchev–Trinajstić information content (AvgIpc) is 3.31. The van der Waals surface area contributed by atoms with Crippen molar-refractivity contribution in [2.45, 2.75) is 45.4 Å². The monoisotopic (exact) mass is 398 g/mol. The number of ether oxygens (including phenoxy) is 2. The molecule has 0 fully saturated rings. The van der Waals surface area contributed by atoms with Crippen molar-refractivity contribution in [2.75, 3.05) is 6.79 Å². The van der Waals surface area contributed by atoms with Gasteiger partial charge in [-0.2, -0.15) is 15.1 Å². The van der Waals surface area contributed by atoms with Crippen LogP contribution in [0.15, 0.2) is 33.9 Å². The number of hydrazone groups is 1. The van der Waals surface area contributed by atoms with Crippen molar-refractivity contribution in [3.8, 4) is 11.5 Å². The number of benzene rings is 1. The maximum absolute atomic E-state index is 12.5. The molecule has 3 aliphatic heterocycles. The van der Waals surface area contributed by atoms with Gasteiger partial charge in [-0.3, -0.25) is 10.2 Å². The van der Waals surface area contributed by atoms with Crippen molar-refractivity contribution < 1.29 is 14.3 Å². The Labute approximate surface area is 168 Å². The molecule has 0 radical (unpaired) electrons. The molecule has 0 bridgehead atoms. The molecule has 0 spiro atoms. The van der Waals surface area contributed by atoms with E-state index in [0.29, 0.717) is 16.7 Å². The summed E-state index contributed by atoms with van der Waals surface area (Å²) in [5, 5.41) is 15.8. The second-order valence-corrected chi connectivity index (χ2v) is 7.83. The van der Waals surface area contributed by atoms with Gasteiger partial charge < -0.3 is 9.47 Å². The smallest absolute Gasteiger partial charge is 0.283 e. The Bertz CT molecular complexity index is 907. The van der Waals surface area contributed by atoms with Gasteiger partial charge in [0, 0.05) is 0 Å². The van der Waals surface area contributed by atoms with E-state index in [9.17, 15) is 4.79 Å². The van der Waals surface area contributed by atoms with Gasteiger partial charge in [-0.15, -0.1) is 0 Å². The first-order chi connectivity index (χ1) is 13.7. The van der Waals surface area contributed by atoms with Crippen LogP contribution in [0.1, 0.15) is 51.0 Å². The number of aliphatic imine (C=N–C) groups is 1. The number of fused-ring (bicyclic) bond motifs is 2. The summed E-state index contributed by atoms with van der Waals surface area (Å²) in [6.07, 6.45) is 8.45. The standard InChI is InChI=1S/C20H22N4O3S/c1-2-3-4-5-6-7-17-23-24-18(21)14(19(25)22-20(24)28-17)10-13-8-9-15-16(11-13)27-12-26-15/h8-11,21H,2-7,12H2,1H3. The van der Waals surface area contributed by atoms with Gasteiger partial charge in [-0.1, -0.05) is 38.7 Å². The Morgan fingerprint density at radius 2 is 2.04 bits per heavy atom. The molecule has 0 unspecified atom stereocenters. The third kappa shape index (κ3) is 3.82. The van der Waals surface area contributed by atoms with Crippen LogP contribution in [0.3, 0.4) is 0 Å². The van der Waals surface area contributed by atoms with Crippen molar-refractivity contribution in [1.29, 1.82) is 5.41 Å². The molecule has 3 heterocycles. The number of carbonyl (C=O) groups is 1. The highest BCUT2D eigenvalue weighted by molar-refractivity contribution is 8.26. The first-order valence-corrected chi connectivity index (χ1v) is 10.4. The molecule has 0 aliphatic carbocycles. The lowest BCUT2D eigenvalue weighted by Gasteiger charge is -2.20. The highest BCUT2D eigenvalue weighted by atomic mass is 32.2. The summed E-state index contributed by atoms with van der Waals surface area (Å²) in [4.78, 5) is 16.6. The van der Waals surface area contributed by atoms with Gasteiger partial charge in [-0.05, 0) is 48.4 Å². The molecule has 0 aromatic heterocycles. The molecule has 1 aromatic rings. The van der Waals surface area contributed by atoms with E-state index < -0.39 is 5.91 Å². The number of hydrogen-bond acceptors (Lipinski definition) is 6. The fraction of sp³-hybridized carbons (Fsp3) is 0.400. The number of amides is 1. The maximum Gasteiger partial charge on any atom is 0.283 e. The zero-order chi connectivity index (χ0) is 19.5. The zero-order valence-corrected chi connectivity index (χ0v) is 16.6. The first kappa shape index (κ1) is 18.7. The molecule has 28 heavy (non-hydrogen) atoms. The van der Waals surface area contributed by atoms with Gasteiger partial charge in [0.05, 0.1) is 5.57 Å². The van der Waals surface area contributed by atoms with E-state index in [4.69, 9.17) is 14.9 Å². The Morgan fingerprint density at radius 1 is 1.21 bits per heavy atom. The van der Waals surface area contributed by atoms with Crippen LogP contribution in [0.5, 0.6) is 11.5 Å². The highest BCUT2D eigenvalue weighted by Gasteiger charge is 2.35.